The topological polar surface area (TPSA) is 41.6 Å². The third-order valence-electron chi connectivity index (χ3n) is 1.50. The summed E-state index contributed by atoms with van der Waals surface area (Å²) in [6, 6.07) is 3.84. The average Bonchev–Trinajstić information content (AvgIpc) is 2.58. The first-order chi connectivity index (χ1) is 5.86. The van der Waals surface area contributed by atoms with Crippen LogP contribution in [-0.4, -0.2) is 15.0 Å². The Morgan fingerprint density at radius 1 is 1.25 bits per heavy atom. The summed E-state index contributed by atoms with van der Waals surface area (Å²) < 4.78 is 0.831. The molecule has 0 saturated heterocycles. The molecule has 0 aliphatic carbocycles. The molecule has 0 spiro atoms. The highest BCUT2D eigenvalue weighted by Gasteiger charge is 1.98. The molecule has 0 aliphatic heterocycles. The Hall–Kier alpha value is -1.16. The van der Waals surface area contributed by atoms with Crippen LogP contribution in [0.25, 0.3) is 11.4 Å². The van der Waals surface area contributed by atoms with E-state index in [0.29, 0.717) is 0 Å². The largest absolute Gasteiger partial charge is 0.345 e. The first-order valence-electron chi connectivity index (χ1n) is 3.47. The number of pyridine rings is 1. The molecule has 0 amide bonds. The summed E-state index contributed by atoms with van der Waals surface area (Å²) in [5.41, 5.74) is 0.989. The molecular formula is C8H6BrN3. The third-order valence-corrected chi connectivity index (χ3v) is 1.97. The SMILES string of the molecule is Brc1ccc(-c2ncc[nH]2)cn1. The minimum atomic E-state index is 0.831. The first-order valence-corrected chi connectivity index (χ1v) is 4.27. The van der Waals surface area contributed by atoms with E-state index in [0.717, 1.165) is 16.0 Å². The molecule has 0 aliphatic rings. The van der Waals surface area contributed by atoms with Crippen molar-refractivity contribution in [1.82, 2.24) is 15.0 Å². The molecule has 2 heterocycles. The summed E-state index contributed by atoms with van der Waals surface area (Å²) in [5, 5.41) is 0. The summed E-state index contributed by atoms with van der Waals surface area (Å²) in [7, 11) is 0. The first kappa shape index (κ1) is 7.49. The third kappa shape index (κ3) is 1.38. The van der Waals surface area contributed by atoms with E-state index in [4.69, 9.17) is 0 Å². The Kier molecular flexibility index (Phi) is 1.91. The van der Waals surface area contributed by atoms with Gasteiger partial charge in [0, 0.05) is 24.2 Å². The Bertz CT molecular complexity index is 352. The molecule has 2 aromatic rings. The predicted molar refractivity (Wildman–Crippen MR) is 49.5 cm³/mol. The highest BCUT2D eigenvalue weighted by molar-refractivity contribution is 9.10. The van der Waals surface area contributed by atoms with Crippen molar-refractivity contribution in [2.45, 2.75) is 0 Å². The van der Waals surface area contributed by atoms with Gasteiger partial charge in [-0.05, 0) is 28.1 Å². The summed E-state index contributed by atoms with van der Waals surface area (Å²) in [5.74, 6) is 0.843. The zero-order chi connectivity index (χ0) is 8.39. The van der Waals surface area contributed by atoms with E-state index in [-0.39, 0.29) is 0 Å². The van der Waals surface area contributed by atoms with Gasteiger partial charge in [0.1, 0.15) is 10.4 Å². The van der Waals surface area contributed by atoms with Crippen LogP contribution in [0.5, 0.6) is 0 Å². The van der Waals surface area contributed by atoms with E-state index in [2.05, 4.69) is 30.9 Å². The number of imidazole rings is 1. The maximum absolute atomic E-state index is 4.11. The molecule has 0 fully saturated rings. The van der Waals surface area contributed by atoms with Gasteiger partial charge in [-0.25, -0.2) is 9.97 Å². The number of hydrogen-bond donors (Lipinski definition) is 1. The molecule has 0 saturated carbocycles. The molecule has 2 rings (SSSR count). The molecule has 0 radical (unpaired) electrons. The molecule has 0 atom stereocenters. The van der Waals surface area contributed by atoms with Gasteiger partial charge in [-0.2, -0.15) is 0 Å². The lowest BCUT2D eigenvalue weighted by Gasteiger charge is -1.94. The molecule has 12 heavy (non-hydrogen) atoms. The fourth-order valence-electron chi connectivity index (χ4n) is 0.939. The molecular weight excluding hydrogens is 218 g/mol. The minimum absolute atomic E-state index is 0.831. The van der Waals surface area contributed by atoms with Gasteiger partial charge in [0.15, 0.2) is 0 Å². The number of halogens is 1. The summed E-state index contributed by atoms with van der Waals surface area (Å²) >= 11 is 3.27. The lowest BCUT2D eigenvalue weighted by molar-refractivity contribution is 1.24. The van der Waals surface area contributed by atoms with Crippen LogP contribution < -0.4 is 0 Å². The zero-order valence-corrected chi connectivity index (χ0v) is 7.75. The van der Waals surface area contributed by atoms with E-state index in [1.807, 2.05) is 12.1 Å². The fraction of sp³-hybridized carbons (Fsp3) is 0. The van der Waals surface area contributed by atoms with Crippen molar-refractivity contribution >= 4 is 15.9 Å². The molecule has 4 heteroatoms. The van der Waals surface area contributed by atoms with Crippen LogP contribution in [0.4, 0.5) is 0 Å². The molecule has 60 valence electrons. The van der Waals surface area contributed by atoms with Crippen LogP contribution in [0.1, 0.15) is 0 Å². The number of nitrogens with one attached hydrogen (secondary N) is 1. The van der Waals surface area contributed by atoms with Crippen LogP contribution in [-0.2, 0) is 0 Å². The van der Waals surface area contributed by atoms with Crippen LogP contribution in [0.15, 0.2) is 35.3 Å². The van der Waals surface area contributed by atoms with Crippen LogP contribution in [0, 0.1) is 0 Å². The van der Waals surface area contributed by atoms with Crippen LogP contribution in [0.3, 0.4) is 0 Å². The van der Waals surface area contributed by atoms with E-state index < -0.39 is 0 Å². The van der Waals surface area contributed by atoms with Gasteiger partial charge < -0.3 is 4.98 Å². The Morgan fingerprint density at radius 2 is 2.17 bits per heavy atom. The van der Waals surface area contributed by atoms with E-state index in [1.165, 1.54) is 0 Å². The van der Waals surface area contributed by atoms with Gasteiger partial charge >= 0.3 is 0 Å². The number of aromatic nitrogens is 3. The number of nitrogens with zero attached hydrogens (tertiary/aromatic N) is 2. The summed E-state index contributed by atoms with van der Waals surface area (Å²) in [4.78, 5) is 11.2. The Morgan fingerprint density at radius 3 is 2.75 bits per heavy atom. The Labute approximate surface area is 78.0 Å². The van der Waals surface area contributed by atoms with Crippen molar-refractivity contribution in [2.75, 3.05) is 0 Å². The van der Waals surface area contributed by atoms with Crippen LogP contribution >= 0.6 is 15.9 Å². The monoisotopic (exact) mass is 223 g/mol. The maximum atomic E-state index is 4.11. The van der Waals surface area contributed by atoms with Gasteiger partial charge in [0.05, 0.1) is 0 Å². The summed E-state index contributed by atoms with van der Waals surface area (Å²) in [6.45, 7) is 0. The van der Waals surface area contributed by atoms with Crippen LogP contribution in [0.2, 0.25) is 0 Å². The second kappa shape index (κ2) is 3.06. The van der Waals surface area contributed by atoms with Gasteiger partial charge in [-0.3, -0.25) is 0 Å². The number of rotatable bonds is 1. The lowest BCUT2D eigenvalue weighted by Crippen LogP contribution is -1.81. The number of aromatic amines is 1. The van der Waals surface area contributed by atoms with E-state index in [1.54, 1.807) is 18.6 Å². The van der Waals surface area contributed by atoms with Crippen molar-refractivity contribution in [2.24, 2.45) is 0 Å². The summed E-state index contributed by atoms with van der Waals surface area (Å²) in [6.07, 6.45) is 5.28. The van der Waals surface area contributed by atoms with Crippen molar-refractivity contribution < 1.29 is 0 Å². The second-order valence-electron chi connectivity index (χ2n) is 2.31. The second-order valence-corrected chi connectivity index (χ2v) is 3.12. The molecule has 0 bridgehead atoms. The highest BCUT2D eigenvalue weighted by Crippen LogP contribution is 2.14. The predicted octanol–water partition coefficient (Wildman–Crippen LogP) is 2.23. The molecule has 3 nitrogen and oxygen atoms in total. The number of H-pyrrole nitrogens is 1. The zero-order valence-electron chi connectivity index (χ0n) is 6.16. The minimum Gasteiger partial charge on any atom is -0.345 e. The highest BCUT2D eigenvalue weighted by atomic mass is 79.9. The van der Waals surface area contributed by atoms with Gasteiger partial charge in [0.25, 0.3) is 0 Å². The average molecular weight is 224 g/mol. The van der Waals surface area contributed by atoms with Gasteiger partial charge in [-0.15, -0.1) is 0 Å². The lowest BCUT2D eigenvalue weighted by atomic mass is 10.3. The van der Waals surface area contributed by atoms with Gasteiger partial charge in [0.2, 0.25) is 0 Å². The fourth-order valence-corrected chi connectivity index (χ4v) is 1.17. The maximum Gasteiger partial charge on any atom is 0.138 e. The Balaban J connectivity index is 2.43. The van der Waals surface area contributed by atoms with Crippen molar-refractivity contribution in [3.05, 3.63) is 35.3 Å². The molecule has 1 N–H and O–H groups in total. The van der Waals surface area contributed by atoms with Crippen molar-refractivity contribution in [1.29, 1.82) is 0 Å². The standard InChI is InChI=1S/C8H6BrN3/c9-7-2-1-6(5-12-7)8-10-3-4-11-8/h1-5H,(H,10,11). The molecule has 2 aromatic heterocycles. The normalized spacial score (nSPS) is 10.1. The smallest absolute Gasteiger partial charge is 0.138 e. The quantitative estimate of drug-likeness (QED) is 0.754. The molecule has 0 aromatic carbocycles. The van der Waals surface area contributed by atoms with E-state index in [9.17, 15) is 0 Å². The van der Waals surface area contributed by atoms with Crippen molar-refractivity contribution in [3.8, 4) is 11.4 Å². The molecule has 0 unspecified atom stereocenters. The van der Waals surface area contributed by atoms with E-state index >= 15 is 0 Å². The van der Waals surface area contributed by atoms with Crippen molar-refractivity contribution in [3.63, 3.8) is 0 Å². The van der Waals surface area contributed by atoms with Gasteiger partial charge in [-0.1, -0.05) is 0 Å². The number of hydrogen-bond acceptors (Lipinski definition) is 2.